The molecule has 4 rings (SSSR count). The number of carboxylic acids is 1. The first-order chi connectivity index (χ1) is 16.2. The largest absolute Gasteiger partial charge is 0.480 e. The van der Waals surface area contributed by atoms with E-state index in [1.54, 1.807) is 6.92 Å². The average Bonchev–Trinajstić information content (AvgIpc) is 3.31. The maximum absolute atomic E-state index is 13.8. The number of halogens is 2. The number of nitrogens with zero attached hydrogens (tertiary/aromatic N) is 1. The molecule has 1 saturated heterocycles. The first-order valence-electron chi connectivity index (χ1n) is 11.2. The highest BCUT2D eigenvalue weighted by Gasteiger charge is 2.51. The number of ether oxygens (including phenoxy) is 1. The highest BCUT2D eigenvalue weighted by molar-refractivity contribution is 5.90. The molecule has 2 aromatic rings. The van der Waals surface area contributed by atoms with Gasteiger partial charge in [-0.1, -0.05) is 61.9 Å². The molecule has 2 atom stereocenters. The van der Waals surface area contributed by atoms with Crippen LogP contribution in [0.25, 0.3) is 11.1 Å². The Hall–Kier alpha value is -3.49. The Labute approximate surface area is 195 Å². The standard InChI is InChI=1S/C25H26F2N2O5/c1-2-7-20(22(30)29-14-25(26,27)12-21(29)23(31)32)28-24(33)34-13-19-17-10-5-3-8-15(17)16-9-4-6-11-18(16)19/h3-6,8-11,19-21H,2,7,12-14H2,1H3,(H,28,33)(H,31,32)/t20-,21+/m1/s1. The molecule has 1 aliphatic heterocycles. The molecule has 34 heavy (non-hydrogen) atoms. The number of likely N-dealkylation sites (tertiary alicyclic amines) is 1. The molecule has 2 aromatic carbocycles. The van der Waals surface area contributed by atoms with Crippen LogP contribution in [-0.4, -0.2) is 59.1 Å². The van der Waals surface area contributed by atoms with Gasteiger partial charge in [-0.15, -0.1) is 0 Å². The van der Waals surface area contributed by atoms with Gasteiger partial charge in [0.1, 0.15) is 18.7 Å². The summed E-state index contributed by atoms with van der Waals surface area (Å²) in [7, 11) is 0. The molecule has 0 unspecified atom stereocenters. The van der Waals surface area contributed by atoms with Gasteiger partial charge in [-0.25, -0.2) is 18.4 Å². The Bertz CT molecular complexity index is 1060. The van der Waals surface area contributed by atoms with Crippen molar-refractivity contribution in [1.29, 1.82) is 0 Å². The smallest absolute Gasteiger partial charge is 0.407 e. The Morgan fingerprint density at radius 2 is 1.71 bits per heavy atom. The highest BCUT2D eigenvalue weighted by Crippen LogP contribution is 2.44. The molecule has 180 valence electrons. The first-order valence-corrected chi connectivity index (χ1v) is 11.2. The van der Waals surface area contributed by atoms with Crippen molar-refractivity contribution in [3.8, 4) is 11.1 Å². The number of rotatable bonds is 7. The predicted octanol–water partition coefficient (Wildman–Crippen LogP) is 4.01. The second-order valence-corrected chi connectivity index (χ2v) is 8.69. The van der Waals surface area contributed by atoms with E-state index in [1.165, 1.54) is 0 Å². The number of nitrogens with one attached hydrogen (secondary N) is 1. The topological polar surface area (TPSA) is 95.9 Å². The number of aliphatic carboxylic acids is 1. The molecule has 0 aromatic heterocycles. The van der Waals surface area contributed by atoms with Crippen LogP contribution in [0.4, 0.5) is 13.6 Å². The van der Waals surface area contributed by atoms with Crippen LogP contribution in [0.15, 0.2) is 48.5 Å². The molecule has 1 fully saturated rings. The van der Waals surface area contributed by atoms with Crippen LogP contribution in [0.5, 0.6) is 0 Å². The Morgan fingerprint density at radius 1 is 1.12 bits per heavy atom. The number of alkyl carbamates (subject to hydrolysis) is 1. The molecular formula is C25H26F2N2O5. The molecule has 2 amide bonds. The fourth-order valence-corrected chi connectivity index (χ4v) is 4.80. The van der Waals surface area contributed by atoms with Crippen LogP contribution in [0.3, 0.4) is 0 Å². The number of benzene rings is 2. The van der Waals surface area contributed by atoms with Crippen molar-refractivity contribution >= 4 is 18.0 Å². The van der Waals surface area contributed by atoms with E-state index < -0.39 is 48.9 Å². The Balaban J connectivity index is 1.44. The summed E-state index contributed by atoms with van der Waals surface area (Å²) in [5, 5.41) is 11.7. The summed E-state index contributed by atoms with van der Waals surface area (Å²) >= 11 is 0. The number of alkyl halides is 2. The molecule has 7 nitrogen and oxygen atoms in total. The van der Waals surface area contributed by atoms with Crippen LogP contribution in [0.1, 0.15) is 43.2 Å². The lowest BCUT2D eigenvalue weighted by molar-refractivity contribution is -0.149. The minimum atomic E-state index is -3.29. The molecular weight excluding hydrogens is 446 g/mol. The van der Waals surface area contributed by atoms with Crippen molar-refractivity contribution in [2.24, 2.45) is 0 Å². The zero-order valence-corrected chi connectivity index (χ0v) is 18.7. The molecule has 0 bridgehead atoms. The fourth-order valence-electron chi connectivity index (χ4n) is 4.80. The van der Waals surface area contributed by atoms with Crippen molar-refractivity contribution in [3.63, 3.8) is 0 Å². The minimum absolute atomic E-state index is 0.0342. The number of carbonyl (C=O) groups is 3. The van der Waals surface area contributed by atoms with Gasteiger partial charge in [0.15, 0.2) is 0 Å². The van der Waals surface area contributed by atoms with E-state index in [-0.39, 0.29) is 18.9 Å². The van der Waals surface area contributed by atoms with Crippen molar-refractivity contribution in [3.05, 3.63) is 59.7 Å². The summed E-state index contributed by atoms with van der Waals surface area (Å²) in [4.78, 5) is 37.6. The zero-order valence-electron chi connectivity index (χ0n) is 18.7. The van der Waals surface area contributed by atoms with E-state index in [2.05, 4.69) is 5.32 Å². The third-order valence-electron chi connectivity index (χ3n) is 6.35. The number of hydrogen-bond donors (Lipinski definition) is 2. The highest BCUT2D eigenvalue weighted by atomic mass is 19.3. The lowest BCUT2D eigenvalue weighted by atomic mass is 9.98. The van der Waals surface area contributed by atoms with E-state index in [0.29, 0.717) is 11.3 Å². The van der Waals surface area contributed by atoms with Crippen molar-refractivity contribution in [1.82, 2.24) is 10.2 Å². The van der Waals surface area contributed by atoms with Crippen LogP contribution < -0.4 is 5.32 Å². The second kappa shape index (κ2) is 9.40. The van der Waals surface area contributed by atoms with E-state index in [4.69, 9.17) is 4.74 Å². The van der Waals surface area contributed by atoms with Crippen LogP contribution in [0, 0.1) is 0 Å². The maximum Gasteiger partial charge on any atom is 0.407 e. The quantitative estimate of drug-likeness (QED) is 0.635. The van der Waals surface area contributed by atoms with E-state index in [1.807, 2.05) is 48.5 Å². The van der Waals surface area contributed by atoms with Gasteiger partial charge in [0, 0.05) is 12.3 Å². The molecule has 0 spiro atoms. The van der Waals surface area contributed by atoms with Gasteiger partial charge in [0.05, 0.1) is 6.54 Å². The van der Waals surface area contributed by atoms with Gasteiger partial charge >= 0.3 is 12.1 Å². The minimum Gasteiger partial charge on any atom is -0.480 e. The van der Waals surface area contributed by atoms with Gasteiger partial charge in [-0.2, -0.15) is 0 Å². The van der Waals surface area contributed by atoms with Crippen LogP contribution in [-0.2, 0) is 14.3 Å². The van der Waals surface area contributed by atoms with E-state index in [9.17, 15) is 28.3 Å². The number of amides is 2. The van der Waals surface area contributed by atoms with Crippen molar-refractivity contribution in [2.45, 2.75) is 50.1 Å². The number of carboxylic acid groups (broad SMARTS) is 1. The monoisotopic (exact) mass is 472 g/mol. The average molecular weight is 472 g/mol. The van der Waals surface area contributed by atoms with E-state index in [0.717, 1.165) is 22.3 Å². The molecule has 0 radical (unpaired) electrons. The maximum atomic E-state index is 13.8. The third-order valence-corrected chi connectivity index (χ3v) is 6.35. The van der Waals surface area contributed by atoms with Crippen LogP contribution >= 0.6 is 0 Å². The van der Waals surface area contributed by atoms with Gasteiger partial charge in [-0.3, -0.25) is 4.79 Å². The summed E-state index contributed by atoms with van der Waals surface area (Å²) in [5.41, 5.74) is 4.20. The summed E-state index contributed by atoms with van der Waals surface area (Å²) in [6, 6.07) is 12.9. The fraction of sp³-hybridized carbons (Fsp3) is 0.400. The van der Waals surface area contributed by atoms with Gasteiger partial charge < -0.3 is 20.1 Å². The molecule has 1 aliphatic carbocycles. The SMILES string of the molecule is CCC[C@@H](NC(=O)OCC1c2ccccc2-c2ccccc21)C(=O)N1CC(F)(F)C[C@H]1C(=O)O. The lowest BCUT2D eigenvalue weighted by Gasteiger charge is -2.26. The normalized spacial score (nSPS) is 19.3. The molecule has 9 heteroatoms. The van der Waals surface area contributed by atoms with Gasteiger partial charge in [0.2, 0.25) is 5.91 Å². The number of fused-ring (bicyclic) bond motifs is 3. The summed E-state index contributed by atoms with van der Waals surface area (Å²) < 4.78 is 33.1. The molecule has 1 heterocycles. The second-order valence-electron chi connectivity index (χ2n) is 8.69. The van der Waals surface area contributed by atoms with Crippen molar-refractivity contribution < 1.29 is 33.0 Å². The summed E-state index contributed by atoms with van der Waals surface area (Å²) in [5.74, 6) is -5.81. The first kappa shape index (κ1) is 23.7. The summed E-state index contributed by atoms with van der Waals surface area (Å²) in [6.45, 7) is 0.814. The summed E-state index contributed by atoms with van der Waals surface area (Å²) in [6.07, 6.45) is -1.16. The lowest BCUT2D eigenvalue weighted by Crippen LogP contribution is -2.52. The van der Waals surface area contributed by atoms with Crippen LogP contribution in [0.2, 0.25) is 0 Å². The molecule has 2 aliphatic rings. The van der Waals surface area contributed by atoms with E-state index >= 15 is 0 Å². The van der Waals surface area contributed by atoms with Gasteiger partial charge in [-0.05, 0) is 28.7 Å². The molecule has 0 saturated carbocycles. The zero-order chi connectivity index (χ0) is 24.5. The predicted molar refractivity (Wildman–Crippen MR) is 120 cm³/mol. The number of carbonyl (C=O) groups excluding carboxylic acids is 2. The number of hydrogen-bond acceptors (Lipinski definition) is 4. The third kappa shape index (κ3) is 4.60. The Morgan fingerprint density at radius 3 is 2.26 bits per heavy atom. The van der Waals surface area contributed by atoms with Gasteiger partial charge in [0.25, 0.3) is 5.92 Å². The van der Waals surface area contributed by atoms with Crippen molar-refractivity contribution in [2.75, 3.05) is 13.2 Å². The molecule has 2 N–H and O–H groups in total. The Kier molecular flexibility index (Phi) is 6.54.